The van der Waals surface area contributed by atoms with Gasteiger partial charge in [0.2, 0.25) is 0 Å². The summed E-state index contributed by atoms with van der Waals surface area (Å²) in [6, 6.07) is 9.36. The summed E-state index contributed by atoms with van der Waals surface area (Å²) < 4.78 is 0. The van der Waals surface area contributed by atoms with Crippen LogP contribution in [0.1, 0.15) is 5.56 Å². The average Bonchev–Trinajstić information content (AvgIpc) is 2.42. The van der Waals surface area contributed by atoms with Crippen molar-refractivity contribution in [2.24, 2.45) is 0 Å². The van der Waals surface area contributed by atoms with E-state index in [0.717, 1.165) is 5.56 Å². The minimum Gasteiger partial charge on any atom is -0.480 e. The van der Waals surface area contributed by atoms with E-state index in [4.69, 9.17) is 5.11 Å². The molecule has 0 bridgehead atoms. The number of nitrogens with one attached hydrogen (secondary N) is 2. The normalized spacial score (nSPS) is 10.3. The van der Waals surface area contributed by atoms with Crippen molar-refractivity contribution in [3.8, 4) is 0 Å². The Bertz CT molecular complexity index is 657. The minimum atomic E-state index is -1.10. The molecule has 3 N–H and O–H groups in total. The van der Waals surface area contributed by atoms with Gasteiger partial charge >= 0.3 is 5.97 Å². The average molecular weight is 260 g/mol. The highest BCUT2D eigenvalue weighted by Gasteiger charge is 2.20. The van der Waals surface area contributed by atoms with Gasteiger partial charge in [0.15, 0.2) is 0 Å². The van der Waals surface area contributed by atoms with Crippen molar-refractivity contribution in [2.45, 2.75) is 6.54 Å². The van der Waals surface area contributed by atoms with Crippen LogP contribution in [0, 0.1) is 0 Å². The first-order valence-electron chi connectivity index (χ1n) is 5.66. The molecule has 2 rings (SSSR count). The van der Waals surface area contributed by atoms with Crippen molar-refractivity contribution < 1.29 is 9.90 Å². The number of hydrogen-bond acceptors (Lipinski definition) is 5. The van der Waals surface area contributed by atoms with Gasteiger partial charge < -0.3 is 15.7 Å². The van der Waals surface area contributed by atoms with Gasteiger partial charge in [0.25, 0.3) is 10.9 Å². The van der Waals surface area contributed by atoms with Crippen LogP contribution in [-0.2, 0) is 11.3 Å². The molecular weight excluding hydrogens is 248 g/mol. The maximum Gasteiger partial charge on any atom is 0.322 e. The smallest absolute Gasteiger partial charge is 0.322 e. The van der Waals surface area contributed by atoms with Gasteiger partial charge in [-0.3, -0.25) is 14.4 Å². The van der Waals surface area contributed by atoms with Crippen molar-refractivity contribution >= 4 is 17.3 Å². The van der Waals surface area contributed by atoms with E-state index in [1.165, 1.54) is 0 Å². The zero-order valence-electron chi connectivity index (χ0n) is 9.97. The lowest BCUT2D eigenvalue weighted by Gasteiger charge is -2.13. The molecule has 2 aromatic rings. The molecule has 0 fully saturated rings. The molecule has 0 radical (unpaired) electrons. The zero-order valence-corrected chi connectivity index (χ0v) is 9.97. The Labute approximate surface area is 108 Å². The number of benzene rings is 1. The molecule has 0 amide bonds. The van der Waals surface area contributed by atoms with Gasteiger partial charge in [0, 0.05) is 6.54 Å². The van der Waals surface area contributed by atoms with Crippen LogP contribution in [0.2, 0.25) is 0 Å². The van der Waals surface area contributed by atoms with Gasteiger partial charge in [0.1, 0.15) is 17.9 Å². The van der Waals surface area contributed by atoms with Crippen LogP contribution in [0.25, 0.3) is 0 Å². The van der Waals surface area contributed by atoms with E-state index in [1.54, 1.807) is 0 Å². The lowest BCUT2D eigenvalue weighted by atomic mass is 10.1. The first kappa shape index (κ1) is 12.8. The largest absolute Gasteiger partial charge is 0.480 e. The van der Waals surface area contributed by atoms with E-state index >= 15 is 0 Å². The summed E-state index contributed by atoms with van der Waals surface area (Å²) >= 11 is 0. The van der Waals surface area contributed by atoms with Crippen LogP contribution >= 0.6 is 0 Å². The molecule has 0 saturated heterocycles. The number of anilines is 2. The lowest BCUT2D eigenvalue weighted by Crippen LogP contribution is -2.38. The van der Waals surface area contributed by atoms with E-state index in [1.807, 2.05) is 30.3 Å². The predicted octanol–water partition coefficient (Wildman–Crippen LogP) is 0.391. The van der Waals surface area contributed by atoms with Gasteiger partial charge in [-0.15, -0.1) is 0 Å². The molecule has 0 atom stereocenters. The Morgan fingerprint density at radius 2 is 1.58 bits per heavy atom. The van der Waals surface area contributed by atoms with Gasteiger partial charge in [-0.2, -0.15) is 0 Å². The van der Waals surface area contributed by atoms with Gasteiger partial charge in [-0.05, 0) is 5.56 Å². The number of aliphatic carboxylic acids is 1. The van der Waals surface area contributed by atoms with Crippen LogP contribution in [0.3, 0.4) is 0 Å². The Balaban J connectivity index is 2.05. The second kappa shape index (κ2) is 5.34. The van der Waals surface area contributed by atoms with Crippen molar-refractivity contribution in [1.82, 2.24) is 0 Å². The minimum absolute atomic E-state index is 0.0448. The van der Waals surface area contributed by atoms with Gasteiger partial charge in [-0.1, -0.05) is 30.3 Å². The highest BCUT2D eigenvalue weighted by Crippen LogP contribution is 2.15. The number of rotatable bonds is 6. The monoisotopic (exact) mass is 260 g/mol. The first-order valence-corrected chi connectivity index (χ1v) is 5.66. The van der Waals surface area contributed by atoms with Gasteiger partial charge in [0.05, 0.1) is 0 Å². The third-order valence-corrected chi connectivity index (χ3v) is 2.64. The van der Waals surface area contributed by atoms with Crippen LogP contribution in [0.15, 0.2) is 39.9 Å². The standard InChI is InChI=1S/C13H12N2O4/c16-9(17)7-15-11-10(12(18)13(11)19)14-6-8-4-2-1-3-5-8/h1-5,14-15H,6-7H2,(H,16,17). The number of carboxylic acids is 1. The fraction of sp³-hybridized carbons (Fsp3) is 0.154. The number of carboxylic acid groups (broad SMARTS) is 1. The van der Waals surface area contributed by atoms with E-state index in [9.17, 15) is 14.4 Å². The fourth-order valence-electron chi connectivity index (χ4n) is 1.68. The predicted molar refractivity (Wildman–Crippen MR) is 71.2 cm³/mol. The SMILES string of the molecule is O=C(O)CNc1c(NCc2ccccc2)c(=O)c1=O. The topological polar surface area (TPSA) is 95.5 Å². The van der Waals surface area contributed by atoms with Crippen molar-refractivity contribution in [1.29, 1.82) is 0 Å². The highest BCUT2D eigenvalue weighted by molar-refractivity contribution is 5.79. The summed E-state index contributed by atoms with van der Waals surface area (Å²) in [5, 5.41) is 13.8. The lowest BCUT2D eigenvalue weighted by molar-refractivity contribution is -0.134. The molecule has 0 spiro atoms. The maximum atomic E-state index is 11.4. The van der Waals surface area contributed by atoms with E-state index in [0.29, 0.717) is 6.54 Å². The summed E-state index contributed by atoms with van der Waals surface area (Å²) in [4.78, 5) is 33.1. The van der Waals surface area contributed by atoms with Gasteiger partial charge in [-0.25, -0.2) is 0 Å². The van der Waals surface area contributed by atoms with E-state index in [2.05, 4.69) is 10.6 Å². The maximum absolute atomic E-state index is 11.4. The van der Waals surface area contributed by atoms with Crippen LogP contribution in [0.4, 0.5) is 11.4 Å². The number of hydrogen-bond donors (Lipinski definition) is 3. The van der Waals surface area contributed by atoms with E-state index in [-0.39, 0.29) is 11.4 Å². The van der Waals surface area contributed by atoms with E-state index < -0.39 is 23.4 Å². The first-order chi connectivity index (χ1) is 9.09. The van der Waals surface area contributed by atoms with Crippen LogP contribution < -0.4 is 21.5 Å². The molecule has 0 aromatic heterocycles. The molecule has 98 valence electrons. The quantitative estimate of drug-likeness (QED) is 0.650. The molecule has 0 heterocycles. The Morgan fingerprint density at radius 1 is 1.00 bits per heavy atom. The Kier molecular flexibility index (Phi) is 3.61. The summed E-state index contributed by atoms with van der Waals surface area (Å²) in [5.41, 5.74) is -0.154. The molecule has 0 saturated carbocycles. The molecule has 6 heteroatoms. The summed E-state index contributed by atoms with van der Waals surface area (Å²) in [6.07, 6.45) is 0. The van der Waals surface area contributed by atoms with Crippen molar-refractivity contribution in [2.75, 3.05) is 17.2 Å². The molecule has 19 heavy (non-hydrogen) atoms. The second-order valence-electron chi connectivity index (χ2n) is 3.99. The molecule has 2 aromatic carbocycles. The fourth-order valence-corrected chi connectivity index (χ4v) is 1.68. The molecule has 0 aliphatic heterocycles. The van der Waals surface area contributed by atoms with Crippen molar-refractivity contribution in [3.05, 3.63) is 56.3 Å². The third kappa shape index (κ3) is 2.79. The highest BCUT2D eigenvalue weighted by atomic mass is 16.4. The van der Waals surface area contributed by atoms with Crippen molar-refractivity contribution in [3.63, 3.8) is 0 Å². The Morgan fingerprint density at radius 3 is 2.16 bits per heavy atom. The molecule has 0 aliphatic rings. The van der Waals surface area contributed by atoms with Crippen LogP contribution in [-0.4, -0.2) is 17.6 Å². The molecule has 0 aliphatic carbocycles. The summed E-state index contributed by atoms with van der Waals surface area (Å²) in [7, 11) is 0. The summed E-state index contributed by atoms with van der Waals surface area (Å²) in [6.45, 7) is -0.00167. The molecule has 6 nitrogen and oxygen atoms in total. The third-order valence-electron chi connectivity index (χ3n) is 2.64. The van der Waals surface area contributed by atoms with Crippen LogP contribution in [0.5, 0.6) is 0 Å². The second-order valence-corrected chi connectivity index (χ2v) is 3.99. The number of carbonyl (C=O) groups is 1. The Hall–Kier alpha value is -2.63. The molecular formula is C13H12N2O4. The zero-order chi connectivity index (χ0) is 13.8. The molecule has 0 unspecified atom stereocenters. The summed E-state index contributed by atoms with van der Waals surface area (Å²) in [5.74, 6) is -1.10.